The van der Waals surface area contributed by atoms with E-state index in [1.807, 2.05) is 32.9 Å². The average Bonchev–Trinajstić information content (AvgIpc) is 3.13. The SMILES string of the molecule is CNC(=O)[C@@H](NC(=O)C[C@H](C(=O)O)n1ccc(-c2ccncc2)c1)C(C)(C)C. The van der Waals surface area contributed by atoms with Crippen LogP contribution in [-0.4, -0.2) is 45.5 Å². The topological polar surface area (TPSA) is 113 Å². The fourth-order valence-corrected chi connectivity index (χ4v) is 2.86. The molecule has 8 nitrogen and oxygen atoms in total. The molecule has 0 aliphatic heterocycles. The largest absolute Gasteiger partial charge is 0.480 e. The lowest BCUT2D eigenvalue weighted by Gasteiger charge is -2.30. The molecule has 0 unspecified atom stereocenters. The molecule has 0 fully saturated rings. The first kappa shape index (κ1) is 21.1. The summed E-state index contributed by atoms with van der Waals surface area (Å²) >= 11 is 0. The van der Waals surface area contributed by atoms with Gasteiger partial charge < -0.3 is 20.3 Å². The molecule has 2 amide bonds. The molecular weight excluding hydrogens is 360 g/mol. The standard InChI is InChI=1S/C20H26N4O4/c1-20(2,3)17(18(26)21-4)23-16(25)11-15(19(27)28)24-10-7-14(12-24)13-5-8-22-9-6-13/h5-10,12,15,17H,11H2,1-4H3,(H,21,26)(H,23,25)(H,27,28)/t15-,17-/m1/s1. The number of pyridine rings is 1. The summed E-state index contributed by atoms with van der Waals surface area (Å²) in [6, 6.07) is 3.57. The van der Waals surface area contributed by atoms with Gasteiger partial charge >= 0.3 is 5.97 Å². The van der Waals surface area contributed by atoms with Crippen molar-refractivity contribution in [2.75, 3.05) is 7.05 Å². The molecule has 2 aromatic rings. The average molecular weight is 386 g/mol. The van der Waals surface area contributed by atoms with E-state index in [0.29, 0.717) is 0 Å². The van der Waals surface area contributed by atoms with E-state index in [2.05, 4.69) is 15.6 Å². The van der Waals surface area contributed by atoms with Crippen LogP contribution in [0.5, 0.6) is 0 Å². The van der Waals surface area contributed by atoms with Crippen LogP contribution in [0.2, 0.25) is 0 Å². The van der Waals surface area contributed by atoms with Gasteiger partial charge in [-0.2, -0.15) is 0 Å². The maximum absolute atomic E-state index is 12.5. The molecule has 2 atom stereocenters. The molecule has 0 spiro atoms. The maximum Gasteiger partial charge on any atom is 0.327 e. The van der Waals surface area contributed by atoms with Gasteiger partial charge in [0.1, 0.15) is 12.1 Å². The van der Waals surface area contributed by atoms with Crippen LogP contribution in [0, 0.1) is 5.41 Å². The van der Waals surface area contributed by atoms with E-state index in [4.69, 9.17) is 0 Å². The van der Waals surface area contributed by atoms with Gasteiger partial charge in [-0.1, -0.05) is 20.8 Å². The Bertz CT molecular complexity index is 839. The lowest BCUT2D eigenvalue weighted by Crippen LogP contribution is -2.53. The second kappa shape index (κ2) is 8.69. The van der Waals surface area contributed by atoms with Gasteiger partial charge in [-0.25, -0.2) is 4.79 Å². The highest BCUT2D eigenvalue weighted by molar-refractivity contribution is 5.90. The summed E-state index contributed by atoms with van der Waals surface area (Å²) in [7, 11) is 1.49. The Hall–Kier alpha value is -3.16. The molecule has 3 N–H and O–H groups in total. The summed E-state index contributed by atoms with van der Waals surface area (Å²) in [6.45, 7) is 5.48. The number of rotatable bonds is 7. The molecule has 0 saturated carbocycles. The molecule has 0 aromatic carbocycles. The van der Waals surface area contributed by atoms with Crippen LogP contribution in [0.25, 0.3) is 11.1 Å². The molecule has 0 radical (unpaired) electrons. The van der Waals surface area contributed by atoms with Crippen molar-refractivity contribution in [2.45, 2.75) is 39.3 Å². The lowest BCUT2D eigenvalue weighted by atomic mass is 9.86. The number of likely N-dealkylation sites (N-methyl/N-ethyl adjacent to an activating group) is 1. The van der Waals surface area contributed by atoms with Crippen LogP contribution in [0.3, 0.4) is 0 Å². The van der Waals surface area contributed by atoms with E-state index < -0.39 is 29.4 Å². The first-order valence-electron chi connectivity index (χ1n) is 8.95. The number of carbonyl (C=O) groups is 3. The number of hydrogen-bond acceptors (Lipinski definition) is 4. The number of nitrogens with zero attached hydrogens (tertiary/aromatic N) is 2. The second-order valence-corrected chi connectivity index (χ2v) is 7.62. The van der Waals surface area contributed by atoms with E-state index in [9.17, 15) is 19.5 Å². The van der Waals surface area contributed by atoms with Crippen molar-refractivity contribution in [3.63, 3.8) is 0 Å². The highest BCUT2D eigenvalue weighted by atomic mass is 16.4. The number of hydrogen-bond donors (Lipinski definition) is 3. The smallest absolute Gasteiger partial charge is 0.327 e. The Labute approximate surface area is 164 Å². The Balaban J connectivity index is 2.17. The van der Waals surface area contributed by atoms with Gasteiger partial charge in [0.05, 0.1) is 6.42 Å². The summed E-state index contributed by atoms with van der Waals surface area (Å²) in [5.41, 5.74) is 1.21. The van der Waals surface area contributed by atoms with Gasteiger partial charge in [0.25, 0.3) is 0 Å². The number of aromatic nitrogens is 2. The fourth-order valence-electron chi connectivity index (χ4n) is 2.86. The van der Waals surface area contributed by atoms with Gasteiger partial charge in [-0.3, -0.25) is 14.6 Å². The van der Waals surface area contributed by atoms with Gasteiger partial charge in [-0.05, 0) is 34.7 Å². The number of nitrogens with one attached hydrogen (secondary N) is 2. The highest BCUT2D eigenvalue weighted by Crippen LogP contribution is 2.23. The lowest BCUT2D eigenvalue weighted by molar-refractivity contribution is -0.143. The Kier molecular flexibility index (Phi) is 6.56. The maximum atomic E-state index is 12.5. The van der Waals surface area contributed by atoms with E-state index >= 15 is 0 Å². The number of amides is 2. The van der Waals surface area contributed by atoms with Crippen LogP contribution in [0.4, 0.5) is 0 Å². The van der Waals surface area contributed by atoms with Crippen molar-refractivity contribution in [1.82, 2.24) is 20.2 Å². The van der Waals surface area contributed by atoms with Crippen molar-refractivity contribution < 1.29 is 19.5 Å². The molecule has 0 bridgehead atoms. The highest BCUT2D eigenvalue weighted by Gasteiger charge is 2.33. The molecule has 2 rings (SSSR count). The van der Waals surface area contributed by atoms with Crippen molar-refractivity contribution >= 4 is 17.8 Å². The first-order chi connectivity index (χ1) is 13.1. The van der Waals surface area contributed by atoms with Crippen LogP contribution in [0.15, 0.2) is 43.0 Å². The number of carboxylic acids is 1. The molecule has 0 aliphatic rings. The summed E-state index contributed by atoms with van der Waals surface area (Å²) in [5, 5.41) is 14.8. The van der Waals surface area contributed by atoms with E-state index in [1.165, 1.54) is 11.6 Å². The molecule has 150 valence electrons. The third-order valence-corrected chi connectivity index (χ3v) is 4.43. The van der Waals surface area contributed by atoms with Crippen molar-refractivity contribution in [3.8, 4) is 11.1 Å². The zero-order valence-electron chi connectivity index (χ0n) is 16.5. The predicted octanol–water partition coefficient (Wildman–Crippen LogP) is 1.84. The third-order valence-electron chi connectivity index (χ3n) is 4.43. The van der Waals surface area contributed by atoms with E-state index in [0.717, 1.165) is 11.1 Å². The van der Waals surface area contributed by atoms with Crippen molar-refractivity contribution in [1.29, 1.82) is 0 Å². The zero-order chi connectivity index (χ0) is 20.9. The Morgan fingerprint density at radius 1 is 1.14 bits per heavy atom. The minimum Gasteiger partial charge on any atom is -0.480 e. The zero-order valence-corrected chi connectivity index (χ0v) is 16.5. The molecule has 0 saturated heterocycles. The normalized spacial score (nSPS) is 13.4. The first-order valence-corrected chi connectivity index (χ1v) is 8.95. The Morgan fingerprint density at radius 2 is 1.79 bits per heavy atom. The van der Waals surface area contributed by atoms with Crippen LogP contribution in [0.1, 0.15) is 33.2 Å². The molecule has 2 heterocycles. The minimum atomic E-state index is -1.13. The summed E-state index contributed by atoms with van der Waals surface area (Å²) < 4.78 is 1.49. The molecule has 28 heavy (non-hydrogen) atoms. The van der Waals surface area contributed by atoms with Crippen molar-refractivity contribution in [3.05, 3.63) is 43.0 Å². The predicted molar refractivity (Wildman–Crippen MR) is 104 cm³/mol. The second-order valence-electron chi connectivity index (χ2n) is 7.62. The van der Waals surface area contributed by atoms with Gasteiger partial charge in [0.2, 0.25) is 11.8 Å². The molecule has 2 aromatic heterocycles. The van der Waals surface area contributed by atoms with Crippen LogP contribution < -0.4 is 10.6 Å². The van der Waals surface area contributed by atoms with Crippen molar-refractivity contribution in [2.24, 2.45) is 5.41 Å². The third kappa shape index (κ3) is 5.18. The Morgan fingerprint density at radius 3 is 2.32 bits per heavy atom. The van der Waals surface area contributed by atoms with E-state index in [1.54, 1.807) is 30.9 Å². The monoisotopic (exact) mass is 386 g/mol. The van der Waals surface area contributed by atoms with Gasteiger partial charge in [0, 0.05) is 31.8 Å². The fraction of sp³-hybridized carbons (Fsp3) is 0.400. The number of aliphatic carboxylic acids is 1. The summed E-state index contributed by atoms with van der Waals surface area (Å²) in [5.74, 6) is -1.96. The molecule has 0 aliphatic carbocycles. The molecule has 8 heteroatoms. The molecular formula is C20H26N4O4. The number of carbonyl (C=O) groups excluding carboxylic acids is 2. The minimum absolute atomic E-state index is 0.288. The number of carboxylic acid groups (broad SMARTS) is 1. The van der Waals surface area contributed by atoms with Gasteiger partial charge in [-0.15, -0.1) is 0 Å². The van der Waals surface area contributed by atoms with Crippen LogP contribution in [-0.2, 0) is 14.4 Å². The quantitative estimate of drug-likeness (QED) is 0.672. The summed E-state index contributed by atoms with van der Waals surface area (Å²) in [4.78, 5) is 40.3. The summed E-state index contributed by atoms with van der Waals surface area (Å²) in [6.07, 6.45) is 6.33. The van der Waals surface area contributed by atoms with Crippen LogP contribution >= 0.6 is 0 Å². The van der Waals surface area contributed by atoms with Gasteiger partial charge in [0.15, 0.2) is 0 Å². The van der Waals surface area contributed by atoms with E-state index in [-0.39, 0.29) is 12.3 Å².